The van der Waals surface area contributed by atoms with Crippen molar-refractivity contribution in [2.45, 2.75) is 45.6 Å². The largest absolute Gasteiger partial charge is 0.452 e. The number of aryl methyl sites for hydroxylation is 4. The molecule has 0 saturated heterocycles. The molecule has 1 heterocycles. The van der Waals surface area contributed by atoms with Crippen molar-refractivity contribution in [1.29, 1.82) is 0 Å². The normalized spacial score (nSPS) is 14.4. The van der Waals surface area contributed by atoms with Crippen LogP contribution >= 0.6 is 11.6 Å². The van der Waals surface area contributed by atoms with E-state index in [0.717, 1.165) is 18.4 Å². The molecule has 0 spiro atoms. The molecule has 1 amide bonds. The van der Waals surface area contributed by atoms with Crippen LogP contribution in [0.1, 0.15) is 58.5 Å². The number of esters is 1. The van der Waals surface area contributed by atoms with E-state index in [0.29, 0.717) is 5.69 Å². The van der Waals surface area contributed by atoms with Crippen molar-refractivity contribution in [1.82, 2.24) is 15.1 Å². The van der Waals surface area contributed by atoms with Crippen LogP contribution in [0.5, 0.6) is 0 Å². The third kappa shape index (κ3) is 4.33. The lowest BCUT2D eigenvalue weighted by Gasteiger charge is -2.20. The Hall–Kier alpha value is -2.34. The molecule has 0 bridgehead atoms. The Labute approximate surface area is 163 Å². The SMILES string of the molecule is Cc1nn(C)c(Cl)c1C(=O)OCC(=O)N[C@H](C)c1ccc2c(c1)CCCC2. The molecule has 144 valence electrons. The van der Waals surface area contributed by atoms with E-state index in [-0.39, 0.29) is 29.3 Å². The van der Waals surface area contributed by atoms with Gasteiger partial charge in [0, 0.05) is 7.05 Å². The van der Waals surface area contributed by atoms with Crippen molar-refractivity contribution in [2.24, 2.45) is 7.05 Å². The lowest BCUT2D eigenvalue weighted by atomic mass is 9.89. The minimum absolute atomic E-state index is 0.160. The molecule has 0 fully saturated rings. The number of rotatable bonds is 5. The van der Waals surface area contributed by atoms with Crippen molar-refractivity contribution >= 4 is 23.5 Å². The highest BCUT2D eigenvalue weighted by Gasteiger charge is 2.21. The highest BCUT2D eigenvalue weighted by atomic mass is 35.5. The van der Waals surface area contributed by atoms with Crippen LogP contribution in [0.3, 0.4) is 0 Å². The molecule has 2 aromatic rings. The van der Waals surface area contributed by atoms with Gasteiger partial charge in [-0.1, -0.05) is 29.8 Å². The zero-order valence-electron chi connectivity index (χ0n) is 15.8. The Morgan fingerprint density at radius 1 is 1.30 bits per heavy atom. The second-order valence-electron chi connectivity index (χ2n) is 6.98. The van der Waals surface area contributed by atoms with Gasteiger partial charge >= 0.3 is 5.97 Å². The average Bonchev–Trinajstić information content (AvgIpc) is 2.91. The van der Waals surface area contributed by atoms with Crippen LogP contribution in [0.25, 0.3) is 0 Å². The predicted octanol–water partition coefficient (Wildman–Crippen LogP) is 3.29. The van der Waals surface area contributed by atoms with E-state index in [9.17, 15) is 9.59 Å². The highest BCUT2D eigenvalue weighted by molar-refractivity contribution is 6.32. The molecule has 1 atom stereocenters. The summed E-state index contributed by atoms with van der Waals surface area (Å²) in [7, 11) is 1.64. The molecule has 1 aromatic carbocycles. The molecule has 1 N–H and O–H groups in total. The molecule has 0 radical (unpaired) electrons. The monoisotopic (exact) mass is 389 g/mol. The van der Waals surface area contributed by atoms with Crippen molar-refractivity contribution in [2.75, 3.05) is 6.61 Å². The summed E-state index contributed by atoms with van der Waals surface area (Å²) in [6, 6.07) is 6.22. The van der Waals surface area contributed by atoms with E-state index in [1.807, 2.05) is 6.92 Å². The molecular weight excluding hydrogens is 366 g/mol. The second-order valence-corrected chi connectivity index (χ2v) is 7.33. The molecule has 7 heteroatoms. The third-order valence-corrected chi connectivity index (χ3v) is 5.37. The first kappa shape index (κ1) is 19.4. The number of amides is 1. The summed E-state index contributed by atoms with van der Waals surface area (Å²) in [6.07, 6.45) is 4.67. The summed E-state index contributed by atoms with van der Waals surface area (Å²) < 4.78 is 6.50. The number of nitrogens with zero attached hydrogens (tertiary/aromatic N) is 2. The Kier molecular flexibility index (Phi) is 5.85. The van der Waals surface area contributed by atoms with Crippen LogP contribution in [0, 0.1) is 6.92 Å². The number of ether oxygens (including phenoxy) is 1. The van der Waals surface area contributed by atoms with Gasteiger partial charge in [0.1, 0.15) is 10.7 Å². The summed E-state index contributed by atoms with van der Waals surface area (Å²) in [6.45, 7) is 3.23. The highest BCUT2D eigenvalue weighted by Crippen LogP contribution is 2.25. The van der Waals surface area contributed by atoms with Crippen LogP contribution < -0.4 is 5.32 Å². The second kappa shape index (κ2) is 8.13. The Balaban J connectivity index is 1.56. The molecule has 0 saturated carbocycles. The summed E-state index contributed by atoms with van der Waals surface area (Å²) >= 11 is 6.05. The van der Waals surface area contributed by atoms with Gasteiger partial charge in [0.25, 0.3) is 5.91 Å². The number of halogens is 1. The van der Waals surface area contributed by atoms with E-state index in [1.54, 1.807) is 14.0 Å². The smallest absolute Gasteiger partial charge is 0.343 e. The molecule has 0 aliphatic heterocycles. The molecule has 6 nitrogen and oxygen atoms in total. The van der Waals surface area contributed by atoms with Crippen LogP contribution in [0.2, 0.25) is 5.15 Å². The Morgan fingerprint density at radius 3 is 2.67 bits per heavy atom. The maximum absolute atomic E-state index is 12.2. The van der Waals surface area contributed by atoms with Crippen LogP contribution in [0.15, 0.2) is 18.2 Å². The zero-order chi connectivity index (χ0) is 19.6. The summed E-state index contributed by atoms with van der Waals surface area (Å²) in [5, 5.41) is 7.13. The van der Waals surface area contributed by atoms with Crippen molar-refractivity contribution in [3.05, 3.63) is 51.3 Å². The number of aromatic nitrogens is 2. The third-order valence-electron chi connectivity index (χ3n) is 4.94. The van der Waals surface area contributed by atoms with Crippen LogP contribution in [0.4, 0.5) is 0 Å². The van der Waals surface area contributed by atoms with Crippen molar-refractivity contribution in [3.8, 4) is 0 Å². The van der Waals surface area contributed by atoms with Gasteiger partial charge in [-0.25, -0.2) is 4.79 Å². The minimum Gasteiger partial charge on any atom is -0.452 e. The van der Waals surface area contributed by atoms with Crippen molar-refractivity contribution in [3.63, 3.8) is 0 Å². The van der Waals surface area contributed by atoms with Gasteiger partial charge in [0.15, 0.2) is 6.61 Å². The standard InChI is InChI=1S/C20H24ClN3O3/c1-12(15-9-8-14-6-4-5-7-16(14)10-15)22-17(25)11-27-20(26)18-13(2)23-24(3)19(18)21/h8-10,12H,4-7,11H2,1-3H3,(H,22,25)/t12-/m1/s1. The molecule has 3 rings (SSSR count). The number of fused-ring (bicyclic) bond motifs is 1. The fourth-order valence-electron chi connectivity index (χ4n) is 3.45. The Bertz CT molecular complexity index is 876. The van der Waals surface area contributed by atoms with Crippen LogP contribution in [-0.2, 0) is 29.4 Å². The molecule has 1 aliphatic rings. The summed E-state index contributed by atoms with van der Waals surface area (Å²) in [5.41, 5.74) is 4.49. The van der Waals surface area contributed by atoms with Gasteiger partial charge in [-0.05, 0) is 56.2 Å². The lowest BCUT2D eigenvalue weighted by molar-refractivity contribution is -0.124. The quantitative estimate of drug-likeness (QED) is 0.796. The van der Waals surface area contributed by atoms with Gasteiger partial charge in [-0.3, -0.25) is 9.48 Å². The van der Waals surface area contributed by atoms with E-state index >= 15 is 0 Å². The van der Waals surface area contributed by atoms with Crippen LogP contribution in [-0.4, -0.2) is 28.3 Å². The van der Waals surface area contributed by atoms with Gasteiger partial charge in [-0.2, -0.15) is 5.10 Å². The fraction of sp³-hybridized carbons (Fsp3) is 0.450. The van der Waals surface area contributed by atoms with E-state index in [4.69, 9.17) is 16.3 Å². The average molecular weight is 390 g/mol. The maximum atomic E-state index is 12.2. The molecule has 27 heavy (non-hydrogen) atoms. The Morgan fingerprint density at radius 2 is 2.00 bits per heavy atom. The molecule has 0 unspecified atom stereocenters. The molecular formula is C20H24ClN3O3. The number of carbonyl (C=O) groups is 2. The molecule has 1 aromatic heterocycles. The fourth-order valence-corrected chi connectivity index (χ4v) is 3.71. The number of benzene rings is 1. The van der Waals surface area contributed by atoms with Gasteiger partial charge in [0.2, 0.25) is 0 Å². The van der Waals surface area contributed by atoms with E-state index in [1.165, 1.54) is 28.7 Å². The predicted molar refractivity (Wildman–Crippen MR) is 103 cm³/mol. The first-order valence-corrected chi connectivity index (χ1v) is 9.52. The maximum Gasteiger partial charge on any atom is 0.343 e. The zero-order valence-corrected chi connectivity index (χ0v) is 16.6. The van der Waals surface area contributed by atoms with E-state index in [2.05, 4.69) is 28.6 Å². The van der Waals surface area contributed by atoms with Gasteiger partial charge in [0.05, 0.1) is 11.7 Å². The number of nitrogens with one attached hydrogen (secondary N) is 1. The number of hydrogen-bond donors (Lipinski definition) is 1. The minimum atomic E-state index is -0.651. The first-order valence-electron chi connectivity index (χ1n) is 9.14. The summed E-state index contributed by atoms with van der Waals surface area (Å²) in [5.74, 6) is -1.01. The number of hydrogen-bond acceptors (Lipinski definition) is 4. The molecule has 1 aliphatic carbocycles. The van der Waals surface area contributed by atoms with Crippen molar-refractivity contribution < 1.29 is 14.3 Å². The van der Waals surface area contributed by atoms with Gasteiger partial charge < -0.3 is 10.1 Å². The first-order chi connectivity index (χ1) is 12.9. The van der Waals surface area contributed by atoms with E-state index < -0.39 is 5.97 Å². The number of carbonyl (C=O) groups excluding carboxylic acids is 2. The summed E-state index contributed by atoms with van der Waals surface area (Å²) in [4.78, 5) is 24.4. The topological polar surface area (TPSA) is 73.2 Å². The van der Waals surface area contributed by atoms with Gasteiger partial charge in [-0.15, -0.1) is 0 Å². The lowest BCUT2D eigenvalue weighted by Crippen LogP contribution is -2.31.